The molecule has 4 rings (SSSR count). The molecule has 146 valence electrons. The summed E-state index contributed by atoms with van der Waals surface area (Å²) in [6, 6.07) is 0. The Balaban J connectivity index is 1.68. The summed E-state index contributed by atoms with van der Waals surface area (Å²) in [4.78, 5) is 11.9. The molecule has 0 aromatic rings. The zero-order chi connectivity index (χ0) is 18.5. The van der Waals surface area contributed by atoms with Crippen molar-refractivity contribution in [1.29, 1.82) is 0 Å². The average Bonchev–Trinajstić information content (AvgIpc) is 3.28. The molecule has 2 heterocycles. The summed E-state index contributed by atoms with van der Waals surface area (Å²) in [6.07, 6.45) is 8.86. The Morgan fingerprint density at radius 3 is 2.31 bits per heavy atom. The zero-order valence-corrected chi connectivity index (χ0v) is 16.3. The fraction of sp³-hybridized carbons (Fsp3) is 0.857. The molecule has 1 spiro atoms. The van der Waals surface area contributed by atoms with Gasteiger partial charge in [0.1, 0.15) is 6.29 Å². The molecule has 2 saturated heterocycles. The van der Waals surface area contributed by atoms with Gasteiger partial charge in [-0.3, -0.25) is 0 Å². The molecular formula is C21H32O5. The Labute approximate surface area is 156 Å². The standard InChI is InChI=1S/C21H32O5/c1-18(15-22)7-4-5-17-16(18)6-8-21(25-13-14-26-21)19(17,2)9-10-20(3)23-11-12-24-20/h5,15-16H,4,6-14H2,1-3H3/t16-,18-,19+/m0/s1. The molecule has 26 heavy (non-hydrogen) atoms. The maximum atomic E-state index is 11.9. The van der Waals surface area contributed by atoms with Crippen LogP contribution in [0.5, 0.6) is 0 Å². The molecule has 2 aliphatic heterocycles. The minimum Gasteiger partial charge on any atom is -0.348 e. The van der Waals surface area contributed by atoms with Gasteiger partial charge < -0.3 is 23.7 Å². The van der Waals surface area contributed by atoms with E-state index >= 15 is 0 Å². The van der Waals surface area contributed by atoms with E-state index in [9.17, 15) is 4.79 Å². The van der Waals surface area contributed by atoms with Crippen LogP contribution in [0.2, 0.25) is 0 Å². The lowest BCUT2D eigenvalue weighted by Gasteiger charge is -2.56. The molecule has 3 fully saturated rings. The summed E-state index contributed by atoms with van der Waals surface area (Å²) in [6.45, 7) is 9.00. The van der Waals surface area contributed by atoms with Crippen molar-refractivity contribution in [1.82, 2.24) is 0 Å². The van der Waals surface area contributed by atoms with Crippen LogP contribution in [-0.2, 0) is 23.7 Å². The molecule has 0 bridgehead atoms. The highest BCUT2D eigenvalue weighted by Crippen LogP contribution is 2.62. The van der Waals surface area contributed by atoms with E-state index in [2.05, 4.69) is 19.9 Å². The molecule has 5 nitrogen and oxygen atoms in total. The van der Waals surface area contributed by atoms with Gasteiger partial charge in [-0.2, -0.15) is 0 Å². The number of hydrogen-bond donors (Lipinski definition) is 0. The van der Waals surface area contributed by atoms with Crippen LogP contribution in [0.25, 0.3) is 0 Å². The molecule has 0 radical (unpaired) electrons. The third kappa shape index (κ3) is 2.70. The fourth-order valence-corrected chi connectivity index (χ4v) is 5.71. The van der Waals surface area contributed by atoms with Gasteiger partial charge in [0.15, 0.2) is 11.6 Å². The van der Waals surface area contributed by atoms with Gasteiger partial charge in [0.25, 0.3) is 0 Å². The number of hydrogen-bond acceptors (Lipinski definition) is 5. The predicted molar refractivity (Wildman–Crippen MR) is 96.5 cm³/mol. The van der Waals surface area contributed by atoms with E-state index in [4.69, 9.17) is 18.9 Å². The van der Waals surface area contributed by atoms with Crippen LogP contribution in [-0.4, -0.2) is 44.3 Å². The average molecular weight is 364 g/mol. The Bertz CT molecular complexity index is 587. The van der Waals surface area contributed by atoms with Gasteiger partial charge in [0, 0.05) is 23.7 Å². The highest BCUT2D eigenvalue weighted by Gasteiger charge is 2.61. The molecule has 2 aliphatic carbocycles. The Kier molecular flexibility index (Phi) is 4.58. The highest BCUT2D eigenvalue weighted by molar-refractivity contribution is 5.61. The first kappa shape index (κ1) is 18.6. The van der Waals surface area contributed by atoms with Crippen molar-refractivity contribution in [2.24, 2.45) is 16.7 Å². The number of ether oxygens (including phenoxy) is 4. The third-order valence-electron chi connectivity index (χ3n) is 7.46. The van der Waals surface area contributed by atoms with Gasteiger partial charge in [-0.1, -0.05) is 25.5 Å². The van der Waals surface area contributed by atoms with E-state index in [1.54, 1.807) is 0 Å². The highest BCUT2D eigenvalue weighted by atomic mass is 16.7. The quantitative estimate of drug-likeness (QED) is 0.563. The molecule has 0 amide bonds. The van der Waals surface area contributed by atoms with E-state index in [1.165, 1.54) is 11.9 Å². The maximum absolute atomic E-state index is 11.9. The summed E-state index contributed by atoms with van der Waals surface area (Å²) in [5.74, 6) is -0.833. The van der Waals surface area contributed by atoms with Crippen molar-refractivity contribution in [2.75, 3.05) is 26.4 Å². The fourth-order valence-electron chi connectivity index (χ4n) is 5.71. The smallest absolute Gasteiger partial charge is 0.177 e. The second-order valence-corrected chi connectivity index (χ2v) is 9.03. The van der Waals surface area contributed by atoms with Crippen molar-refractivity contribution >= 4 is 6.29 Å². The van der Waals surface area contributed by atoms with E-state index in [0.29, 0.717) is 26.4 Å². The molecule has 0 N–H and O–H groups in total. The summed E-state index contributed by atoms with van der Waals surface area (Å²) in [5.41, 5.74) is 0.804. The monoisotopic (exact) mass is 364 g/mol. The summed E-state index contributed by atoms with van der Waals surface area (Å²) < 4.78 is 24.2. The van der Waals surface area contributed by atoms with Crippen LogP contribution in [0.3, 0.4) is 0 Å². The van der Waals surface area contributed by atoms with Crippen LogP contribution in [0.15, 0.2) is 11.6 Å². The SMILES string of the molecule is CC1(CC[C@]2(C)C3=CCC[C@@](C)(C=O)[C@H]3CCC23OCCO3)OCCO1. The Hall–Kier alpha value is -0.750. The summed E-state index contributed by atoms with van der Waals surface area (Å²) >= 11 is 0. The third-order valence-corrected chi connectivity index (χ3v) is 7.46. The zero-order valence-electron chi connectivity index (χ0n) is 16.3. The lowest BCUT2D eigenvalue weighted by Crippen LogP contribution is -2.56. The number of allylic oxidation sites excluding steroid dienone is 1. The second kappa shape index (κ2) is 6.40. The van der Waals surface area contributed by atoms with Crippen LogP contribution >= 0.6 is 0 Å². The van der Waals surface area contributed by atoms with Gasteiger partial charge in [-0.05, 0) is 38.5 Å². The Morgan fingerprint density at radius 1 is 1.00 bits per heavy atom. The maximum Gasteiger partial charge on any atom is 0.177 e. The van der Waals surface area contributed by atoms with Gasteiger partial charge in [-0.15, -0.1) is 0 Å². The van der Waals surface area contributed by atoms with Crippen molar-refractivity contribution in [3.63, 3.8) is 0 Å². The largest absolute Gasteiger partial charge is 0.348 e. The van der Waals surface area contributed by atoms with E-state index in [1.807, 2.05) is 6.92 Å². The minimum absolute atomic E-state index is 0.268. The van der Waals surface area contributed by atoms with Gasteiger partial charge in [0.2, 0.25) is 0 Å². The molecule has 4 aliphatic rings. The molecule has 0 unspecified atom stereocenters. The number of carbonyl (C=O) groups excluding carboxylic acids is 1. The molecule has 0 aromatic carbocycles. The molecular weight excluding hydrogens is 332 g/mol. The summed E-state index contributed by atoms with van der Waals surface area (Å²) in [5, 5.41) is 0. The summed E-state index contributed by atoms with van der Waals surface area (Å²) in [7, 11) is 0. The first-order valence-corrected chi connectivity index (χ1v) is 10.1. The van der Waals surface area contributed by atoms with Crippen LogP contribution in [0.4, 0.5) is 0 Å². The van der Waals surface area contributed by atoms with Gasteiger partial charge >= 0.3 is 0 Å². The molecule has 5 heteroatoms. The Morgan fingerprint density at radius 2 is 1.65 bits per heavy atom. The normalized spacial score (nSPS) is 41.0. The molecule has 1 saturated carbocycles. The van der Waals surface area contributed by atoms with Crippen molar-refractivity contribution in [2.45, 2.75) is 70.9 Å². The number of fused-ring (bicyclic) bond motifs is 1. The van der Waals surface area contributed by atoms with E-state index < -0.39 is 11.6 Å². The number of rotatable bonds is 4. The van der Waals surface area contributed by atoms with E-state index in [0.717, 1.165) is 38.5 Å². The molecule has 0 aromatic heterocycles. The minimum atomic E-state index is -0.578. The number of aldehydes is 1. The van der Waals surface area contributed by atoms with Crippen LogP contribution in [0.1, 0.15) is 59.3 Å². The van der Waals surface area contributed by atoms with Crippen molar-refractivity contribution in [3.05, 3.63) is 11.6 Å². The molecule has 3 atom stereocenters. The first-order chi connectivity index (χ1) is 12.4. The van der Waals surface area contributed by atoms with Crippen molar-refractivity contribution < 1.29 is 23.7 Å². The number of carbonyl (C=O) groups is 1. The predicted octanol–water partition coefficient (Wildman–Crippen LogP) is 3.61. The lowest BCUT2D eigenvalue weighted by atomic mass is 9.52. The second-order valence-electron chi connectivity index (χ2n) is 9.03. The van der Waals surface area contributed by atoms with Gasteiger partial charge in [0.05, 0.1) is 26.4 Å². The topological polar surface area (TPSA) is 54.0 Å². The van der Waals surface area contributed by atoms with E-state index in [-0.39, 0.29) is 16.7 Å². The lowest BCUT2D eigenvalue weighted by molar-refractivity contribution is -0.250. The van der Waals surface area contributed by atoms with Crippen LogP contribution in [0, 0.1) is 16.7 Å². The first-order valence-electron chi connectivity index (χ1n) is 10.1. The van der Waals surface area contributed by atoms with Crippen molar-refractivity contribution in [3.8, 4) is 0 Å². The van der Waals surface area contributed by atoms with Gasteiger partial charge in [-0.25, -0.2) is 0 Å². The van der Waals surface area contributed by atoms with Crippen LogP contribution < -0.4 is 0 Å².